The van der Waals surface area contributed by atoms with Crippen LogP contribution in [0.15, 0.2) is 16.8 Å². The zero-order valence-corrected chi connectivity index (χ0v) is 14.6. The second-order valence-electron chi connectivity index (χ2n) is 6.80. The van der Waals surface area contributed by atoms with Crippen molar-refractivity contribution < 1.29 is 18.7 Å². The van der Waals surface area contributed by atoms with E-state index in [1.54, 1.807) is 27.0 Å². The van der Waals surface area contributed by atoms with Gasteiger partial charge in [-0.1, -0.05) is 12.2 Å². The Labute approximate surface area is 142 Å². The third-order valence-corrected chi connectivity index (χ3v) is 3.60. The van der Waals surface area contributed by atoms with E-state index in [0.29, 0.717) is 25.8 Å². The average molecular weight is 334 g/mol. The summed E-state index contributed by atoms with van der Waals surface area (Å²) in [7, 11) is 0. The quantitative estimate of drug-likeness (QED) is 0.610. The Hall–Kier alpha value is -2.24. The van der Waals surface area contributed by atoms with E-state index in [4.69, 9.17) is 9.15 Å². The molecule has 1 N–H and O–H groups in total. The summed E-state index contributed by atoms with van der Waals surface area (Å²) < 4.78 is 10.9. The number of amides is 1. The van der Waals surface area contributed by atoms with Gasteiger partial charge in [0.2, 0.25) is 0 Å². The first kappa shape index (κ1) is 18.1. The first-order valence-corrected chi connectivity index (χ1v) is 8.33. The molecule has 0 saturated carbocycles. The van der Waals surface area contributed by atoms with E-state index < -0.39 is 11.7 Å². The molecule has 0 saturated heterocycles. The molecule has 24 heavy (non-hydrogen) atoms. The molecule has 0 radical (unpaired) electrons. The number of anilines is 1. The smallest absolute Gasteiger partial charge is 0.410 e. The predicted octanol–water partition coefficient (Wildman–Crippen LogP) is 3.48. The fourth-order valence-electron chi connectivity index (χ4n) is 2.50. The Kier molecular flexibility index (Phi) is 6.06. The molecule has 0 atom stereocenters. The summed E-state index contributed by atoms with van der Waals surface area (Å²) in [6.45, 7) is 6.59. The molecule has 6 heteroatoms. The second kappa shape index (κ2) is 8.04. The van der Waals surface area contributed by atoms with E-state index >= 15 is 0 Å². The lowest BCUT2D eigenvalue weighted by atomic mass is 10.1. The molecular weight excluding hydrogens is 308 g/mol. The highest BCUT2D eigenvalue weighted by molar-refractivity contribution is 5.72. The van der Waals surface area contributed by atoms with Crippen molar-refractivity contribution in [3.05, 3.63) is 23.7 Å². The highest BCUT2D eigenvalue weighted by Gasteiger charge is 2.21. The molecule has 0 aliphatic heterocycles. The number of aldehydes is 1. The number of hydrogen-bond acceptors (Lipinski definition) is 5. The first-order chi connectivity index (χ1) is 11.4. The minimum Gasteiger partial charge on any atom is -0.466 e. The van der Waals surface area contributed by atoms with Gasteiger partial charge in [-0.05, 0) is 33.6 Å². The SMILES string of the molecule is CC(C)(C)OC(=O)N(CC=O)CCCNc1coc2c1C=CCC2. The number of nitrogens with zero attached hydrogens (tertiary/aromatic N) is 1. The molecule has 0 unspecified atom stereocenters. The van der Waals surface area contributed by atoms with E-state index in [9.17, 15) is 9.59 Å². The molecule has 2 rings (SSSR count). The summed E-state index contributed by atoms with van der Waals surface area (Å²) in [5, 5.41) is 3.33. The predicted molar refractivity (Wildman–Crippen MR) is 93.0 cm³/mol. The summed E-state index contributed by atoms with van der Waals surface area (Å²) in [6.07, 6.45) is 8.85. The van der Waals surface area contributed by atoms with Crippen LogP contribution in [0.5, 0.6) is 0 Å². The molecule has 0 bridgehead atoms. The molecule has 1 aliphatic carbocycles. The summed E-state index contributed by atoms with van der Waals surface area (Å²) in [5.74, 6) is 1.01. The van der Waals surface area contributed by atoms with Crippen molar-refractivity contribution in [2.24, 2.45) is 0 Å². The summed E-state index contributed by atoms with van der Waals surface area (Å²) in [6, 6.07) is 0. The standard InChI is InChI=1S/C18H26N2O4/c1-18(2,3)24-17(22)20(11-12-21)10-6-9-19-15-13-23-16-8-5-4-7-14(15)16/h4,7,12-13,19H,5-6,8-11H2,1-3H3. The van der Waals surface area contributed by atoms with E-state index in [2.05, 4.69) is 17.5 Å². The lowest BCUT2D eigenvalue weighted by molar-refractivity contribution is -0.109. The molecule has 1 amide bonds. The molecule has 0 aromatic carbocycles. The maximum absolute atomic E-state index is 12.1. The number of rotatable bonds is 7. The molecule has 6 nitrogen and oxygen atoms in total. The van der Waals surface area contributed by atoms with Crippen molar-refractivity contribution in [1.29, 1.82) is 0 Å². The molecule has 1 aliphatic rings. The van der Waals surface area contributed by atoms with E-state index in [1.807, 2.05) is 0 Å². The zero-order valence-electron chi connectivity index (χ0n) is 14.6. The first-order valence-electron chi connectivity index (χ1n) is 8.33. The number of hydrogen-bond donors (Lipinski definition) is 1. The van der Waals surface area contributed by atoms with Crippen LogP contribution in [0.25, 0.3) is 6.08 Å². The summed E-state index contributed by atoms with van der Waals surface area (Å²) in [4.78, 5) is 24.3. The lowest BCUT2D eigenvalue weighted by Gasteiger charge is -2.26. The maximum atomic E-state index is 12.1. The van der Waals surface area contributed by atoms with Crippen LogP contribution in [0, 0.1) is 0 Å². The largest absolute Gasteiger partial charge is 0.466 e. The normalized spacial score (nSPS) is 13.3. The Morgan fingerprint density at radius 1 is 1.46 bits per heavy atom. The molecule has 1 aromatic rings. The Morgan fingerprint density at radius 2 is 2.25 bits per heavy atom. The van der Waals surface area contributed by atoms with E-state index in [-0.39, 0.29) is 6.54 Å². The van der Waals surface area contributed by atoms with Gasteiger partial charge in [-0.2, -0.15) is 0 Å². The van der Waals surface area contributed by atoms with Crippen LogP contribution >= 0.6 is 0 Å². The van der Waals surface area contributed by atoms with Gasteiger partial charge >= 0.3 is 6.09 Å². The van der Waals surface area contributed by atoms with Crippen LogP contribution in [-0.2, 0) is 16.0 Å². The van der Waals surface area contributed by atoms with Gasteiger partial charge in [0.05, 0.1) is 12.2 Å². The number of carbonyl (C=O) groups excluding carboxylic acids is 2. The number of carbonyl (C=O) groups is 2. The van der Waals surface area contributed by atoms with Gasteiger partial charge in [0.15, 0.2) is 0 Å². The third-order valence-electron chi connectivity index (χ3n) is 3.60. The molecule has 0 fully saturated rings. The number of allylic oxidation sites excluding steroid dienone is 1. The van der Waals surface area contributed by atoms with Crippen LogP contribution in [0.2, 0.25) is 0 Å². The molecule has 132 valence electrons. The number of ether oxygens (including phenoxy) is 1. The van der Waals surface area contributed by atoms with Gasteiger partial charge in [0.25, 0.3) is 0 Å². The Bertz CT molecular complexity index is 599. The monoisotopic (exact) mass is 334 g/mol. The number of fused-ring (bicyclic) bond motifs is 1. The molecule has 0 spiro atoms. The molecule has 1 heterocycles. The van der Waals surface area contributed by atoms with Crippen molar-refractivity contribution in [3.8, 4) is 0 Å². The van der Waals surface area contributed by atoms with Gasteiger partial charge < -0.3 is 24.2 Å². The number of furan rings is 1. The van der Waals surface area contributed by atoms with Crippen molar-refractivity contribution in [3.63, 3.8) is 0 Å². The summed E-state index contributed by atoms with van der Waals surface area (Å²) >= 11 is 0. The minimum absolute atomic E-state index is 0.0404. The van der Waals surface area contributed by atoms with E-state index in [0.717, 1.165) is 29.9 Å². The van der Waals surface area contributed by atoms with Crippen LogP contribution in [0.1, 0.15) is 44.9 Å². The number of nitrogens with one attached hydrogen (secondary N) is 1. The maximum Gasteiger partial charge on any atom is 0.410 e. The molecular formula is C18H26N2O4. The molecule has 1 aromatic heterocycles. The highest BCUT2D eigenvalue weighted by Crippen LogP contribution is 2.28. The van der Waals surface area contributed by atoms with Crippen molar-refractivity contribution in [2.75, 3.05) is 25.0 Å². The van der Waals surface area contributed by atoms with Gasteiger partial charge in [-0.3, -0.25) is 0 Å². The van der Waals surface area contributed by atoms with Crippen LogP contribution in [0.4, 0.5) is 10.5 Å². The topological polar surface area (TPSA) is 71.8 Å². The fourth-order valence-corrected chi connectivity index (χ4v) is 2.50. The van der Waals surface area contributed by atoms with Crippen molar-refractivity contribution in [2.45, 2.75) is 45.6 Å². The number of aryl methyl sites for hydroxylation is 1. The Morgan fingerprint density at radius 3 is 2.96 bits per heavy atom. The van der Waals surface area contributed by atoms with Crippen molar-refractivity contribution in [1.82, 2.24) is 4.90 Å². The van der Waals surface area contributed by atoms with Gasteiger partial charge in [-0.25, -0.2) is 4.79 Å². The van der Waals surface area contributed by atoms with Crippen LogP contribution in [-0.4, -0.2) is 42.5 Å². The highest BCUT2D eigenvalue weighted by atomic mass is 16.6. The Balaban J connectivity index is 1.81. The van der Waals surface area contributed by atoms with Gasteiger partial charge in [-0.15, -0.1) is 0 Å². The minimum atomic E-state index is -0.571. The van der Waals surface area contributed by atoms with Crippen LogP contribution in [0.3, 0.4) is 0 Å². The third kappa shape index (κ3) is 5.15. The lowest BCUT2D eigenvalue weighted by Crippen LogP contribution is -2.38. The van der Waals surface area contributed by atoms with Gasteiger partial charge in [0.1, 0.15) is 23.9 Å². The average Bonchev–Trinajstić information content (AvgIpc) is 2.92. The van der Waals surface area contributed by atoms with Crippen LogP contribution < -0.4 is 5.32 Å². The fraction of sp³-hybridized carbons (Fsp3) is 0.556. The summed E-state index contributed by atoms with van der Waals surface area (Å²) in [5.41, 5.74) is 1.51. The van der Waals surface area contributed by atoms with Crippen molar-refractivity contribution >= 4 is 24.1 Å². The zero-order chi connectivity index (χ0) is 17.6. The van der Waals surface area contributed by atoms with E-state index in [1.165, 1.54) is 4.90 Å². The van der Waals surface area contributed by atoms with Gasteiger partial charge in [0, 0.05) is 25.1 Å². The second-order valence-corrected chi connectivity index (χ2v) is 6.80.